The zero-order valence-electron chi connectivity index (χ0n) is 18.0. The molecule has 1 aliphatic heterocycles. The van der Waals surface area contributed by atoms with Crippen molar-refractivity contribution in [3.05, 3.63) is 32.6 Å². The highest BCUT2D eigenvalue weighted by atomic mass is 19.4. The number of aromatic amines is 1. The Morgan fingerprint density at radius 1 is 1.26 bits per heavy atom. The van der Waals surface area contributed by atoms with Gasteiger partial charge in [-0.25, -0.2) is 4.79 Å². The summed E-state index contributed by atoms with van der Waals surface area (Å²) >= 11 is 0. The molecular formula is C20H27F3N2O6. The molecule has 0 saturated carbocycles. The van der Waals surface area contributed by atoms with Crippen LogP contribution >= 0.6 is 0 Å². The van der Waals surface area contributed by atoms with Gasteiger partial charge in [-0.15, -0.1) is 6.42 Å². The van der Waals surface area contributed by atoms with E-state index in [1.165, 1.54) is 0 Å². The number of alkyl halides is 3. The molecule has 0 amide bonds. The number of hydrogen-bond acceptors (Lipinski definition) is 6. The van der Waals surface area contributed by atoms with E-state index in [1.807, 2.05) is 20.8 Å². The van der Waals surface area contributed by atoms with Crippen LogP contribution < -0.4 is 11.2 Å². The van der Waals surface area contributed by atoms with Crippen molar-refractivity contribution in [3.63, 3.8) is 0 Å². The van der Waals surface area contributed by atoms with Gasteiger partial charge in [0.15, 0.2) is 5.79 Å². The molecule has 1 aromatic heterocycles. The summed E-state index contributed by atoms with van der Waals surface area (Å²) in [4.78, 5) is 25.4. The van der Waals surface area contributed by atoms with Crippen LogP contribution in [0.3, 0.4) is 0 Å². The van der Waals surface area contributed by atoms with E-state index in [-0.39, 0.29) is 19.6 Å². The zero-order valence-corrected chi connectivity index (χ0v) is 18.0. The van der Waals surface area contributed by atoms with Gasteiger partial charge in [-0.2, -0.15) is 13.2 Å². The van der Waals surface area contributed by atoms with Crippen LogP contribution in [0.1, 0.15) is 52.8 Å². The summed E-state index contributed by atoms with van der Waals surface area (Å²) in [5.41, 5.74) is -4.54. The van der Waals surface area contributed by atoms with E-state index in [0.29, 0.717) is 10.8 Å². The molecule has 11 heteroatoms. The average Bonchev–Trinajstić information content (AvgIpc) is 2.98. The van der Waals surface area contributed by atoms with Crippen LogP contribution in [-0.2, 0) is 25.1 Å². The summed E-state index contributed by atoms with van der Waals surface area (Å²) in [5.74, 6) is 1.32. The van der Waals surface area contributed by atoms with E-state index >= 15 is 0 Å². The number of nitrogens with zero attached hydrogens (tertiary/aromatic N) is 1. The lowest BCUT2D eigenvalue weighted by molar-refractivity contribution is -0.269. The summed E-state index contributed by atoms with van der Waals surface area (Å²) in [5, 5.41) is 0. The number of aromatic nitrogens is 2. The van der Waals surface area contributed by atoms with E-state index in [9.17, 15) is 22.8 Å². The molecule has 1 fully saturated rings. The number of nitrogens with one attached hydrogen (secondary N) is 1. The maximum absolute atomic E-state index is 13.1. The minimum absolute atomic E-state index is 0.0273. The molecule has 2 rings (SSSR count). The molecule has 0 bridgehead atoms. The van der Waals surface area contributed by atoms with Crippen LogP contribution in [0.25, 0.3) is 0 Å². The predicted octanol–water partition coefficient (Wildman–Crippen LogP) is 2.43. The molecule has 3 atom stereocenters. The second-order valence-corrected chi connectivity index (χ2v) is 8.55. The van der Waals surface area contributed by atoms with E-state index in [4.69, 9.17) is 25.4 Å². The molecule has 0 unspecified atom stereocenters. The largest absolute Gasteiger partial charge is 0.423 e. The minimum Gasteiger partial charge on any atom is -0.363 e. The standard InChI is InChI=1S/C20H27F3N2O6/c1-7-8-28-13-9-15(25-10-12(20(21,22)23)16(26)24-17(25)27)30-14(13)11-29-19(5,6)31-18(2,3)4/h1,10,13-15H,8-9,11H2,2-6H3,(H,24,26,27)/t13-,14+,15+/m0/s1. The fourth-order valence-electron chi connectivity index (χ4n) is 3.30. The fourth-order valence-corrected chi connectivity index (χ4v) is 3.30. The highest BCUT2D eigenvalue weighted by Gasteiger charge is 2.41. The first-order chi connectivity index (χ1) is 14.1. The van der Waals surface area contributed by atoms with Crippen molar-refractivity contribution in [2.24, 2.45) is 0 Å². The Morgan fingerprint density at radius 3 is 2.45 bits per heavy atom. The van der Waals surface area contributed by atoms with Crippen molar-refractivity contribution >= 4 is 0 Å². The Hall–Kier alpha value is -2.13. The van der Waals surface area contributed by atoms with Crippen LogP contribution in [-0.4, -0.2) is 46.4 Å². The van der Waals surface area contributed by atoms with Gasteiger partial charge in [0.05, 0.1) is 18.3 Å². The van der Waals surface area contributed by atoms with Gasteiger partial charge in [0.1, 0.15) is 24.5 Å². The van der Waals surface area contributed by atoms with Crippen molar-refractivity contribution < 1.29 is 32.1 Å². The number of hydrogen-bond donors (Lipinski definition) is 1. The Bertz CT molecular complexity index is 923. The van der Waals surface area contributed by atoms with Crippen molar-refractivity contribution in [1.29, 1.82) is 0 Å². The second-order valence-electron chi connectivity index (χ2n) is 8.55. The molecule has 0 aromatic carbocycles. The first kappa shape index (κ1) is 25.1. The van der Waals surface area contributed by atoms with E-state index in [2.05, 4.69) is 5.92 Å². The Balaban J connectivity index is 2.24. The van der Waals surface area contributed by atoms with Gasteiger partial charge in [0.25, 0.3) is 5.56 Å². The number of H-pyrrole nitrogens is 1. The van der Waals surface area contributed by atoms with Gasteiger partial charge in [-0.1, -0.05) is 5.92 Å². The van der Waals surface area contributed by atoms with E-state index in [0.717, 1.165) is 0 Å². The molecule has 1 aliphatic rings. The first-order valence-corrected chi connectivity index (χ1v) is 9.60. The molecule has 2 heterocycles. The van der Waals surface area contributed by atoms with Crippen molar-refractivity contribution in [2.75, 3.05) is 13.2 Å². The van der Waals surface area contributed by atoms with Gasteiger partial charge in [0.2, 0.25) is 0 Å². The molecule has 1 saturated heterocycles. The summed E-state index contributed by atoms with van der Waals surface area (Å²) in [6, 6.07) is 0. The van der Waals surface area contributed by atoms with Crippen LogP contribution in [0, 0.1) is 12.3 Å². The summed E-state index contributed by atoms with van der Waals surface area (Å²) < 4.78 is 62.9. The molecular weight excluding hydrogens is 421 g/mol. The molecule has 8 nitrogen and oxygen atoms in total. The summed E-state index contributed by atoms with van der Waals surface area (Å²) in [6.45, 7) is 8.92. The third kappa shape index (κ3) is 6.93. The maximum atomic E-state index is 13.1. The van der Waals surface area contributed by atoms with Crippen molar-refractivity contribution in [1.82, 2.24) is 9.55 Å². The van der Waals surface area contributed by atoms with E-state index < -0.39 is 52.8 Å². The third-order valence-electron chi connectivity index (χ3n) is 4.29. The Kier molecular flexibility index (Phi) is 7.43. The minimum atomic E-state index is -4.93. The van der Waals surface area contributed by atoms with Gasteiger partial charge in [0, 0.05) is 12.6 Å². The molecule has 1 aromatic rings. The Labute approximate surface area is 177 Å². The van der Waals surface area contributed by atoms with Crippen LogP contribution in [0.15, 0.2) is 15.8 Å². The third-order valence-corrected chi connectivity index (χ3v) is 4.29. The monoisotopic (exact) mass is 448 g/mol. The molecule has 1 N–H and O–H groups in total. The molecule has 0 radical (unpaired) electrons. The van der Waals surface area contributed by atoms with Gasteiger partial charge < -0.3 is 18.9 Å². The van der Waals surface area contributed by atoms with Gasteiger partial charge in [-0.3, -0.25) is 14.3 Å². The highest BCUT2D eigenvalue weighted by Crippen LogP contribution is 2.33. The van der Waals surface area contributed by atoms with Crippen LogP contribution in [0.4, 0.5) is 13.2 Å². The highest BCUT2D eigenvalue weighted by molar-refractivity contribution is 5.09. The normalized spacial score (nSPS) is 22.5. The number of ether oxygens (including phenoxy) is 4. The van der Waals surface area contributed by atoms with Crippen LogP contribution in [0.2, 0.25) is 0 Å². The summed E-state index contributed by atoms with van der Waals surface area (Å²) in [6.07, 6.45) is -1.74. The zero-order chi connectivity index (χ0) is 23.6. The van der Waals surface area contributed by atoms with Crippen molar-refractivity contribution in [2.45, 2.75) is 77.0 Å². The number of terminal acetylenes is 1. The van der Waals surface area contributed by atoms with Gasteiger partial charge >= 0.3 is 11.9 Å². The van der Waals surface area contributed by atoms with Gasteiger partial charge in [-0.05, 0) is 34.6 Å². The topological polar surface area (TPSA) is 91.8 Å². The Morgan fingerprint density at radius 2 is 1.90 bits per heavy atom. The predicted molar refractivity (Wildman–Crippen MR) is 104 cm³/mol. The smallest absolute Gasteiger partial charge is 0.363 e. The average molecular weight is 448 g/mol. The molecule has 0 spiro atoms. The lowest BCUT2D eigenvalue weighted by Crippen LogP contribution is -2.41. The second kappa shape index (κ2) is 9.16. The molecule has 31 heavy (non-hydrogen) atoms. The fraction of sp³-hybridized carbons (Fsp3) is 0.700. The summed E-state index contributed by atoms with van der Waals surface area (Å²) in [7, 11) is 0. The first-order valence-electron chi connectivity index (χ1n) is 9.60. The SMILES string of the molecule is C#CCO[C@H]1C[C@H](n2cc(C(F)(F)F)c(=O)[nH]c2=O)O[C@@H]1COC(C)(C)OC(C)(C)C. The molecule has 0 aliphatic carbocycles. The quantitative estimate of drug-likeness (QED) is 0.509. The van der Waals surface area contributed by atoms with Crippen molar-refractivity contribution in [3.8, 4) is 12.3 Å². The number of rotatable bonds is 7. The van der Waals surface area contributed by atoms with Crippen LogP contribution in [0.5, 0.6) is 0 Å². The van der Waals surface area contributed by atoms with E-state index in [1.54, 1.807) is 18.8 Å². The lowest BCUT2D eigenvalue weighted by atomic mass is 10.1. The molecule has 174 valence electrons. The number of halogens is 3. The maximum Gasteiger partial charge on any atom is 0.423 e. The lowest BCUT2D eigenvalue weighted by Gasteiger charge is -2.34.